The number of furan rings is 1. The van der Waals surface area contributed by atoms with Crippen LogP contribution in [0.3, 0.4) is 0 Å². The van der Waals surface area contributed by atoms with Crippen molar-refractivity contribution in [3.8, 4) is 0 Å². The summed E-state index contributed by atoms with van der Waals surface area (Å²) >= 11 is 0. The first-order valence-corrected chi connectivity index (χ1v) is 14.8. The number of fused-ring (bicyclic) bond motifs is 1. The summed E-state index contributed by atoms with van der Waals surface area (Å²) in [4.78, 5) is 40.7. The Hall–Kier alpha value is -4.44. The van der Waals surface area contributed by atoms with Gasteiger partial charge < -0.3 is 14.6 Å². The highest BCUT2D eigenvalue weighted by molar-refractivity contribution is 7.90. The molecule has 0 fully saturated rings. The van der Waals surface area contributed by atoms with E-state index in [-0.39, 0.29) is 17.1 Å². The van der Waals surface area contributed by atoms with Gasteiger partial charge in [-0.25, -0.2) is 13.1 Å². The van der Waals surface area contributed by atoms with E-state index in [1.165, 1.54) is 17.0 Å². The highest BCUT2D eigenvalue weighted by Gasteiger charge is 2.33. The molecule has 3 amide bonds. The van der Waals surface area contributed by atoms with Crippen LogP contribution in [0.1, 0.15) is 41.3 Å². The van der Waals surface area contributed by atoms with E-state index in [0.717, 1.165) is 10.9 Å². The maximum absolute atomic E-state index is 13.4. The Bertz CT molecular complexity index is 1670. The van der Waals surface area contributed by atoms with Crippen molar-refractivity contribution in [2.24, 2.45) is 5.92 Å². The molecule has 1 heterocycles. The number of carbonyl (C=O) groups excluding carboxylic acids is 3. The highest BCUT2D eigenvalue weighted by atomic mass is 32.2. The van der Waals surface area contributed by atoms with E-state index >= 15 is 0 Å². The van der Waals surface area contributed by atoms with Crippen molar-refractivity contribution in [2.45, 2.75) is 39.0 Å². The van der Waals surface area contributed by atoms with Crippen LogP contribution in [0.5, 0.6) is 0 Å². The minimum atomic E-state index is -4.24. The minimum Gasteiger partial charge on any atom is -0.456 e. The average molecular weight is 576 g/mol. The zero-order valence-electron chi connectivity index (χ0n) is 23.4. The monoisotopic (exact) mass is 575 g/mol. The van der Waals surface area contributed by atoms with Gasteiger partial charge in [-0.1, -0.05) is 42.5 Å². The van der Waals surface area contributed by atoms with E-state index in [1.54, 1.807) is 69.3 Å². The molecule has 0 saturated heterocycles. The maximum atomic E-state index is 13.4. The molecule has 1 unspecified atom stereocenters. The number of sulfonamides is 1. The lowest BCUT2D eigenvalue weighted by Crippen LogP contribution is -2.46. The lowest BCUT2D eigenvalue weighted by molar-refractivity contribution is -0.141. The van der Waals surface area contributed by atoms with Crippen LogP contribution in [-0.2, 0) is 26.0 Å². The number of hydrogen-bond acceptors (Lipinski definition) is 6. The van der Waals surface area contributed by atoms with Crippen LogP contribution < -0.4 is 10.0 Å². The largest absolute Gasteiger partial charge is 0.456 e. The maximum Gasteiger partial charge on any atom is 0.291 e. The molecule has 10 heteroatoms. The summed E-state index contributed by atoms with van der Waals surface area (Å²) in [6.45, 7) is 7.95. The molecular formula is C31H33N3O6S. The molecule has 41 heavy (non-hydrogen) atoms. The molecule has 1 atom stereocenters. The number of anilines is 1. The Morgan fingerprint density at radius 2 is 1.54 bits per heavy atom. The van der Waals surface area contributed by atoms with E-state index < -0.39 is 33.7 Å². The molecule has 0 bridgehead atoms. The summed E-state index contributed by atoms with van der Waals surface area (Å²) in [5.41, 5.74) is 1.99. The number of rotatable bonds is 10. The Labute approximate surface area is 239 Å². The highest BCUT2D eigenvalue weighted by Crippen LogP contribution is 2.21. The smallest absolute Gasteiger partial charge is 0.291 e. The third-order valence-electron chi connectivity index (χ3n) is 7.00. The number of amides is 3. The fourth-order valence-electron chi connectivity index (χ4n) is 4.48. The van der Waals surface area contributed by atoms with Gasteiger partial charge >= 0.3 is 0 Å². The summed E-state index contributed by atoms with van der Waals surface area (Å²) in [5.74, 6) is -2.20. The average Bonchev–Trinajstić information content (AvgIpc) is 3.30. The summed E-state index contributed by atoms with van der Waals surface area (Å²) in [6.07, 6.45) is -0.0286. The topological polar surface area (TPSA) is 126 Å². The molecule has 2 N–H and O–H groups in total. The SMILES string of the molecule is CCN(CC)C(=O)C(Cc1ccc(NC(=O)c2cc(C)c(C)o2)cc1)C(=O)NS(=O)(=O)c1ccc2ccccc2c1. The molecule has 9 nitrogen and oxygen atoms in total. The van der Waals surface area contributed by atoms with Crippen LogP contribution in [0.15, 0.2) is 82.1 Å². The molecule has 0 aliphatic heterocycles. The van der Waals surface area contributed by atoms with Gasteiger partial charge in [0.2, 0.25) is 11.8 Å². The summed E-state index contributed by atoms with van der Waals surface area (Å²) in [6, 6.07) is 20.2. The quantitative estimate of drug-likeness (QED) is 0.261. The molecule has 4 aromatic rings. The van der Waals surface area contributed by atoms with Gasteiger partial charge in [0, 0.05) is 18.8 Å². The third kappa shape index (κ3) is 6.83. The molecule has 0 spiro atoms. The van der Waals surface area contributed by atoms with Crippen molar-refractivity contribution >= 4 is 44.2 Å². The van der Waals surface area contributed by atoms with E-state index in [0.29, 0.717) is 35.5 Å². The van der Waals surface area contributed by atoms with Crippen molar-refractivity contribution in [3.63, 3.8) is 0 Å². The molecule has 214 valence electrons. The molecule has 0 aliphatic carbocycles. The van der Waals surface area contributed by atoms with Gasteiger partial charge in [0.25, 0.3) is 15.9 Å². The summed E-state index contributed by atoms with van der Waals surface area (Å²) in [5, 5.41) is 4.33. The Morgan fingerprint density at radius 3 is 2.15 bits per heavy atom. The minimum absolute atomic E-state index is 0.0286. The summed E-state index contributed by atoms with van der Waals surface area (Å²) < 4.78 is 33.9. The van der Waals surface area contributed by atoms with E-state index in [2.05, 4.69) is 10.0 Å². The van der Waals surface area contributed by atoms with Crippen molar-refractivity contribution in [3.05, 3.63) is 95.4 Å². The predicted octanol–water partition coefficient (Wildman–Crippen LogP) is 4.83. The third-order valence-corrected chi connectivity index (χ3v) is 8.34. The van der Waals surface area contributed by atoms with Gasteiger partial charge in [-0.05, 0) is 86.3 Å². The Morgan fingerprint density at radius 1 is 0.878 bits per heavy atom. The zero-order valence-corrected chi connectivity index (χ0v) is 24.2. The van der Waals surface area contributed by atoms with Crippen LogP contribution in [-0.4, -0.2) is 44.1 Å². The first kappa shape index (κ1) is 29.5. The van der Waals surface area contributed by atoms with Crippen LogP contribution in [0.2, 0.25) is 0 Å². The Kier molecular flexibility index (Phi) is 8.92. The number of hydrogen-bond donors (Lipinski definition) is 2. The van der Waals surface area contributed by atoms with Crippen LogP contribution in [0.25, 0.3) is 10.8 Å². The van der Waals surface area contributed by atoms with Gasteiger partial charge in [0.05, 0.1) is 4.90 Å². The van der Waals surface area contributed by atoms with Crippen LogP contribution in [0, 0.1) is 19.8 Å². The molecule has 0 radical (unpaired) electrons. The Balaban J connectivity index is 1.53. The number of nitrogens with zero attached hydrogens (tertiary/aromatic N) is 1. The van der Waals surface area contributed by atoms with Gasteiger partial charge in [-0.2, -0.15) is 0 Å². The molecule has 0 aliphatic rings. The normalized spacial score (nSPS) is 12.1. The van der Waals surface area contributed by atoms with Crippen molar-refractivity contribution in [2.75, 3.05) is 18.4 Å². The lowest BCUT2D eigenvalue weighted by atomic mass is 9.97. The van der Waals surface area contributed by atoms with E-state index in [1.807, 2.05) is 19.1 Å². The molecule has 4 rings (SSSR count). The van der Waals surface area contributed by atoms with Crippen LogP contribution >= 0.6 is 0 Å². The number of nitrogens with one attached hydrogen (secondary N) is 2. The fourth-order valence-corrected chi connectivity index (χ4v) is 5.54. The van der Waals surface area contributed by atoms with Gasteiger partial charge in [0.1, 0.15) is 11.7 Å². The molecule has 0 saturated carbocycles. The first-order chi connectivity index (χ1) is 19.5. The second-order valence-electron chi connectivity index (χ2n) is 9.75. The zero-order chi connectivity index (χ0) is 29.7. The second-order valence-corrected chi connectivity index (χ2v) is 11.4. The second kappa shape index (κ2) is 12.4. The number of aryl methyl sites for hydroxylation is 2. The van der Waals surface area contributed by atoms with Crippen molar-refractivity contribution in [1.82, 2.24) is 9.62 Å². The standard InChI is InChI=1S/C31H33N3O6S/c1-5-34(6-2)31(37)27(29(35)33-41(38,39)26-16-13-23-9-7-8-10-24(23)19-26)18-22-11-14-25(15-12-22)32-30(36)28-17-20(3)21(4)40-28/h7-17,19,27H,5-6,18H2,1-4H3,(H,32,36)(H,33,35). The fraction of sp³-hybridized carbons (Fsp3) is 0.258. The van der Waals surface area contributed by atoms with E-state index in [9.17, 15) is 22.8 Å². The van der Waals surface area contributed by atoms with E-state index in [4.69, 9.17) is 4.42 Å². The molecular weight excluding hydrogens is 542 g/mol. The van der Waals surface area contributed by atoms with Crippen LogP contribution in [0.4, 0.5) is 5.69 Å². The van der Waals surface area contributed by atoms with Gasteiger partial charge in [0.15, 0.2) is 5.76 Å². The lowest BCUT2D eigenvalue weighted by Gasteiger charge is -2.24. The van der Waals surface area contributed by atoms with Crippen molar-refractivity contribution in [1.29, 1.82) is 0 Å². The van der Waals surface area contributed by atoms with Gasteiger partial charge in [-0.15, -0.1) is 0 Å². The molecule has 3 aromatic carbocycles. The first-order valence-electron chi connectivity index (χ1n) is 13.3. The molecule has 1 aromatic heterocycles. The number of carbonyl (C=O) groups is 3. The summed E-state index contributed by atoms with van der Waals surface area (Å²) in [7, 11) is -4.24. The number of benzene rings is 3. The van der Waals surface area contributed by atoms with Crippen molar-refractivity contribution < 1.29 is 27.2 Å². The predicted molar refractivity (Wildman–Crippen MR) is 157 cm³/mol. The van der Waals surface area contributed by atoms with Gasteiger partial charge in [-0.3, -0.25) is 14.4 Å².